The summed E-state index contributed by atoms with van der Waals surface area (Å²) in [6.07, 6.45) is 3.30. The van der Waals surface area contributed by atoms with Gasteiger partial charge in [-0.25, -0.2) is 4.39 Å². The lowest BCUT2D eigenvalue weighted by atomic mass is 10.1. The SMILES string of the molecule is CN1CCC(OCCCNC(=O)[C@@H](c2ccc(F)cc2)N(C)C)CC1. The molecule has 1 aromatic carbocycles. The minimum Gasteiger partial charge on any atom is -0.378 e. The molecule has 1 fully saturated rings. The molecule has 1 aromatic rings. The predicted octanol–water partition coefficient (Wildman–Crippen LogP) is 2.05. The molecule has 1 aliphatic heterocycles. The van der Waals surface area contributed by atoms with Crippen LogP contribution in [0.2, 0.25) is 0 Å². The zero-order valence-corrected chi connectivity index (χ0v) is 15.5. The number of nitrogens with one attached hydrogen (secondary N) is 1. The van der Waals surface area contributed by atoms with Crippen molar-refractivity contribution >= 4 is 5.91 Å². The van der Waals surface area contributed by atoms with Gasteiger partial charge in [-0.2, -0.15) is 0 Å². The Labute approximate surface area is 150 Å². The van der Waals surface area contributed by atoms with Crippen molar-refractivity contribution in [1.29, 1.82) is 0 Å². The number of carbonyl (C=O) groups is 1. The molecule has 0 spiro atoms. The molecule has 1 amide bonds. The number of amides is 1. The van der Waals surface area contributed by atoms with Gasteiger partial charge in [-0.15, -0.1) is 0 Å². The number of likely N-dealkylation sites (tertiary alicyclic amines) is 1. The van der Waals surface area contributed by atoms with Crippen LogP contribution in [0, 0.1) is 5.82 Å². The zero-order valence-electron chi connectivity index (χ0n) is 15.5. The van der Waals surface area contributed by atoms with Crippen molar-refractivity contribution in [1.82, 2.24) is 15.1 Å². The molecule has 6 heteroatoms. The molecule has 2 rings (SSSR count). The van der Waals surface area contributed by atoms with Crippen molar-refractivity contribution in [3.05, 3.63) is 35.6 Å². The van der Waals surface area contributed by atoms with Crippen LogP contribution in [0.25, 0.3) is 0 Å². The molecule has 0 unspecified atom stereocenters. The van der Waals surface area contributed by atoms with Crippen molar-refractivity contribution in [3.8, 4) is 0 Å². The molecule has 140 valence electrons. The van der Waals surface area contributed by atoms with E-state index in [1.54, 1.807) is 12.1 Å². The molecule has 5 nitrogen and oxygen atoms in total. The number of rotatable bonds is 8. The van der Waals surface area contributed by atoms with Gasteiger partial charge in [0.25, 0.3) is 0 Å². The molecular formula is C19H30FN3O2. The van der Waals surface area contributed by atoms with Gasteiger partial charge in [-0.1, -0.05) is 12.1 Å². The van der Waals surface area contributed by atoms with Gasteiger partial charge in [0.2, 0.25) is 5.91 Å². The van der Waals surface area contributed by atoms with Gasteiger partial charge in [-0.3, -0.25) is 9.69 Å². The average molecular weight is 351 g/mol. The second-order valence-corrected chi connectivity index (χ2v) is 6.94. The van der Waals surface area contributed by atoms with Crippen molar-refractivity contribution in [2.45, 2.75) is 31.4 Å². The normalized spacial score (nSPS) is 17.6. The number of carbonyl (C=O) groups excluding carboxylic acids is 1. The monoisotopic (exact) mass is 351 g/mol. The first kappa shape index (κ1) is 19.8. The maximum absolute atomic E-state index is 13.1. The quantitative estimate of drug-likeness (QED) is 0.728. The van der Waals surface area contributed by atoms with E-state index in [0.717, 1.165) is 37.9 Å². The van der Waals surface area contributed by atoms with Crippen LogP contribution in [0.1, 0.15) is 30.9 Å². The van der Waals surface area contributed by atoms with E-state index in [1.807, 2.05) is 19.0 Å². The van der Waals surface area contributed by atoms with Crippen molar-refractivity contribution in [2.75, 3.05) is 47.4 Å². The third kappa shape index (κ3) is 6.38. The molecule has 25 heavy (non-hydrogen) atoms. The first-order chi connectivity index (χ1) is 12.0. The molecule has 1 N–H and O–H groups in total. The molecule has 1 heterocycles. The van der Waals surface area contributed by atoms with Crippen LogP contribution in [-0.2, 0) is 9.53 Å². The summed E-state index contributed by atoms with van der Waals surface area (Å²) in [4.78, 5) is 16.6. The number of hydrogen-bond acceptors (Lipinski definition) is 4. The highest BCUT2D eigenvalue weighted by Crippen LogP contribution is 2.19. The Kier molecular flexibility index (Phi) is 7.81. The highest BCUT2D eigenvalue weighted by atomic mass is 19.1. The van der Waals surface area contributed by atoms with Crippen molar-refractivity contribution < 1.29 is 13.9 Å². The molecule has 1 atom stereocenters. The van der Waals surface area contributed by atoms with E-state index in [-0.39, 0.29) is 11.7 Å². The lowest BCUT2D eigenvalue weighted by Crippen LogP contribution is -2.38. The van der Waals surface area contributed by atoms with E-state index in [9.17, 15) is 9.18 Å². The zero-order chi connectivity index (χ0) is 18.2. The second-order valence-electron chi connectivity index (χ2n) is 6.94. The smallest absolute Gasteiger partial charge is 0.241 e. The number of likely N-dealkylation sites (N-methyl/N-ethyl adjacent to an activating group) is 1. The van der Waals surface area contributed by atoms with E-state index in [4.69, 9.17) is 4.74 Å². The minimum absolute atomic E-state index is 0.0732. The van der Waals surface area contributed by atoms with Gasteiger partial charge >= 0.3 is 0 Å². The van der Waals surface area contributed by atoms with E-state index in [0.29, 0.717) is 19.3 Å². The Hall–Kier alpha value is -1.50. The lowest BCUT2D eigenvalue weighted by Gasteiger charge is -2.29. The maximum Gasteiger partial charge on any atom is 0.241 e. The van der Waals surface area contributed by atoms with Crippen LogP contribution in [0.3, 0.4) is 0 Å². The fraction of sp³-hybridized carbons (Fsp3) is 0.632. The maximum atomic E-state index is 13.1. The van der Waals surface area contributed by atoms with Crippen molar-refractivity contribution in [2.24, 2.45) is 0 Å². The Morgan fingerprint density at radius 1 is 1.32 bits per heavy atom. The standard InChI is InChI=1S/C19H30FN3O2/c1-22(2)18(15-5-7-16(20)8-6-15)19(24)21-11-4-14-25-17-9-12-23(3)13-10-17/h5-8,17-18H,4,9-14H2,1-3H3,(H,21,24)/t18-/m1/s1. The van der Waals surface area contributed by atoms with Gasteiger partial charge < -0.3 is 15.0 Å². The Bertz CT molecular complexity index is 528. The van der Waals surface area contributed by atoms with Crippen LogP contribution >= 0.6 is 0 Å². The first-order valence-corrected chi connectivity index (χ1v) is 8.97. The molecule has 0 radical (unpaired) electrons. The largest absolute Gasteiger partial charge is 0.378 e. The number of halogens is 1. The van der Waals surface area contributed by atoms with Gasteiger partial charge in [-0.05, 0) is 58.1 Å². The summed E-state index contributed by atoms with van der Waals surface area (Å²) in [6.45, 7) is 3.42. The van der Waals surface area contributed by atoms with E-state index < -0.39 is 6.04 Å². The Morgan fingerprint density at radius 2 is 1.96 bits per heavy atom. The summed E-state index contributed by atoms with van der Waals surface area (Å²) in [5.41, 5.74) is 0.784. The highest BCUT2D eigenvalue weighted by molar-refractivity contribution is 5.83. The predicted molar refractivity (Wildman–Crippen MR) is 96.9 cm³/mol. The van der Waals surface area contributed by atoms with Gasteiger partial charge in [0, 0.05) is 26.2 Å². The average Bonchev–Trinajstić information content (AvgIpc) is 2.58. The molecule has 0 aliphatic carbocycles. The highest BCUT2D eigenvalue weighted by Gasteiger charge is 2.22. The molecule has 0 saturated carbocycles. The van der Waals surface area contributed by atoms with Gasteiger partial charge in [0.1, 0.15) is 11.9 Å². The first-order valence-electron chi connectivity index (χ1n) is 8.97. The summed E-state index contributed by atoms with van der Waals surface area (Å²) < 4.78 is 19.0. The van der Waals surface area contributed by atoms with Crippen molar-refractivity contribution in [3.63, 3.8) is 0 Å². The summed E-state index contributed by atoms with van der Waals surface area (Å²) in [7, 11) is 5.82. The van der Waals surface area contributed by atoms with Crippen LogP contribution in [0.5, 0.6) is 0 Å². The lowest BCUT2D eigenvalue weighted by molar-refractivity contribution is -0.125. The van der Waals surface area contributed by atoms with Gasteiger partial charge in [0.15, 0.2) is 0 Å². The number of ether oxygens (including phenoxy) is 1. The Balaban J connectivity index is 1.71. The fourth-order valence-corrected chi connectivity index (χ4v) is 3.11. The summed E-state index contributed by atoms with van der Waals surface area (Å²) in [5, 5.41) is 2.96. The topological polar surface area (TPSA) is 44.8 Å². The van der Waals surface area contributed by atoms with Crippen LogP contribution < -0.4 is 5.32 Å². The fourth-order valence-electron chi connectivity index (χ4n) is 3.11. The van der Waals surface area contributed by atoms with E-state index in [1.165, 1.54) is 12.1 Å². The van der Waals surface area contributed by atoms with Crippen LogP contribution in [0.15, 0.2) is 24.3 Å². The third-order valence-electron chi connectivity index (χ3n) is 4.59. The summed E-state index contributed by atoms with van der Waals surface area (Å²) >= 11 is 0. The minimum atomic E-state index is -0.421. The Morgan fingerprint density at radius 3 is 2.56 bits per heavy atom. The number of nitrogens with zero attached hydrogens (tertiary/aromatic N) is 2. The molecule has 1 aliphatic rings. The number of benzene rings is 1. The van der Waals surface area contributed by atoms with E-state index >= 15 is 0 Å². The summed E-state index contributed by atoms with van der Waals surface area (Å²) in [6, 6.07) is 5.66. The molecule has 0 bridgehead atoms. The number of piperidine rings is 1. The third-order valence-corrected chi connectivity index (χ3v) is 4.59. The molecular weight excluding hydrogens is 321 g/mol. The number of hydrogen-bond donors (Lipinski definition) is 1. The second kappa shape index (κ2) is 9.85. The van der Waals surface area contributed by atoms with Crippen LogP contribution in [-0.4, -0.2) is 69.2 Å². The summed E-state index contributed by atoms with van der Waals surface area (Å²) in [5.74, 6) is -0.372. The molecule has 0 aromatic heterocycles. The molecule has 1 saturated heterocycles. The van der Waals surface area contributed by atoms with Crippen LogP contribution in [0.4, 0.5) is 4.39 Å². The van der Waals surface area contributed by atoms with Gasteiger partial charge in [0.05, 0.1) is 6.10 Å². The van der Waals surface area contributed by atoms with E-state index in [2.05, 4.69) is 17.3 Å².